The Hall–Kier alpha value is -2.85. The van der Waals surface area contributed by atoms with Crippen molar-refractivity contribution in [3.05, 3.63) is 95.1 Å². The highest BCUT2D eigenvalue weighted by Crippen LogP contribution is 2.29. The molecule has 0 radical (unpaired) electrons. The average Bonchev–Trinajstić information content (AvgIpc) is 2.77. The summed E-state index contributed by atoms with van der Waals surface area (Å²) < 4.78 is 11.4. The molecule has 0 aliphatic rings. The van der Waals surface area contributed by atoms with E-state index in [0.29, 0.717) is 29.6 Å². The molecule has 0 atom stereocenters. The van der Waals surface area contributed by atoms with Crippen LogP contribution in [0, 0.1) is 0 Å². The van der Waals surface area contributed by atoms with Crippen LogP contribution in [0.15, 0.2) is 72.8 Å². The zero-order valence-corrected chi connectivity index (χ0v) is 17.1. The third-order valence-electron chi connectivity index (χ3n) is 4.55. The van der Waals surface area contributed by atoms with E-state index >= 15 is 0 Å². The first kappa shape index (κ1) is 19.9. The van der Waals surface area contributed by atoms with Gasteiger partial charge < -0.3 is 14.8 Å². The second-order valence-electron chi connectivity index (χ2n) is 6.49. The molecule has 4 heteroatoms. The van der Waals surface area contributed by atoms with Crippen molar-refractivity contribution in [3.8, 4) is 11.5 Å². The van der Waals surface area contributed by atoms with Crippen LogP contribution in [0.4, 0.5) is 0 Å². The Morgan fingerprint density at radius 1 is 0.857 bits per heavy atom. The number of thiocarbonyl (C=S) groups is 1. The standard InChI is InChI=1S/C24H25NO2S/c1-3-18-9-11-19(12-10-18)16-25-24(28)21-13-14-22(23(15-21)26-2)27-17-20-7-5-4-6-8-20/h4-15H,3,16-17H2,1-2H3,(H,25,28). The van der Waals surface area contributed by atoms with Gasteiger partial charge in [0.05, 0.1) is 7.11 Å². The van der Waals surface area contributed by atoms with Crippen LogP contribution in [0.25, 0.3) is 0 Å². The Kier molecular flexibility index (Phi) is 7.04. The minimum Gasteiger partial charge on any atom is -0.493 e. The zero-order valence-electron chi connectivity index (χ0n) is 16.3. The summed E-state index contributed by atoms with van der Waals surface area (Å²) in [5.41, 5.74) is 4.56. The quantitative estimate of drug-likeness (QED) is 0.528. The van der Waals surface area contributed by atoms with E-state index < -0.39 is 0 Å². The van der Waals surface area contributed by atoms with Crippen molar-refractivity contribution in [2.24, 2.45) is 0 Å². The molecular weight excluding hydrogens is 366 g/mol. The molecule has 0 unspecified atom stereocenters. The number of benzene rings is 3. The highest BCUT2D eigenvalue weighted by molar-refractivity contribution is 7.80. The molecule has 0 saturated heterocycles. The van der Waals surface area contributed by atoms with Gasteiger partial charge in [-0.25, -0.2) is 0 Å². The fraction of sp³-hybridized carbons (Fsp3) is 0.208. The molecule has 3 rings (SSSR count). The first-order chi connectivity index (χ1) is 13.7. The van der Waals surface area contributed by atoms with E-state index in [1.54, 1.807) is 7.11 Å². The number of rotatable bonds is 8. The molecule has 0 spiro atoms. The predicted molar refractivity (Wildman–Crippen MR) is 118 cm³/mol. The first-order valence-electron chi connectivity index (χ1n) is 9.40. The molecule has 0 aliphatic carbocycles. The Morgan fingerprint density at radius 3 is 2.25 bits per heavy atom. The molecule has 3 nitrogen and oxygen atoms in total. The van der Waals surface area contributed by atoms with E-state index in [2.05, 4.69) is 36.5 Å². The van der Waals surface area contributed by atoms with Crippen molar-refractivity contribution in [2.45, 2.75) is 26.5 Å². The minimum atomic E-state index is 0.493. The summed E-state index contributed by atoms with van der Waals surface area (Å²) in [7, 11) is 1.64. The van der Waals surface area contributed by atoms with Crippen LogP contribution in [0.3, 0.4) is 0 Å². The van der Waals surface area contributed by atoms with Crippen LogP contribution in [0.1, 0.15) is 29.2 Å². The van der Waals surface area contributed by atoms with E-state index in [4.69, 9.17) is 21.7 Å². The van der Waals surface area contributed by atoms with Gasteiger partial charge in [0.15, 0.2) is 11.5 Å². The molecule has 28 heavy (non-hydrogen) atoms. The molecule has 0 bridgehead atoms. The first-order valence-corrected chi connectivity index (χ1v) is 9.81. The third kappa shape index (κ3) is 5.33. The molecule has 144 valence electrons. The summed E-state index contributed by atoms with van der Waals surface area (Å²) >= 11 is 5.55. The predicted octanol–water partition coefficient (Wildman–Crippen LogP) is 5.30. The van der Waals surface area contributed by atoms with Gasteiger partial charge in [-0.1, -0.05) is 73.7 Å². The SMILES string of the molecule is CCc1ccc(CNC(=S)c2ccc(OCc3ccccc3)c(OC)c2)cc1. The average molecular weight is 392 g/mol. The lowest BCUT2D eigenvalue weighted by Crippen LogP contribution is -2.21. The lowest BCUT2D eigenvalue weighted by atomic mass is 10.1. The molecule has 3 aromatic carbocycles. The van der Waals surface area contributed by atoms with Gasteiger partial charge in [-0.3, -0.25) is 0 Å². The number of hydrogen-bond acceptors (Lipinski definition) is 3. The summed E-state index contributed by atoms with van der Waals surface area (Å²) in [5, 5.41) is 3.32. The molecule has 3 aromatic rings. The van der Waals surface area contributed by atoms with E-state index in [9.17, 15) is 0 Å². The van der Waals surface area contributed by atoms with E-state index in [1.807, 2.05) is 48.5 Å². The number of ether oxygens (including phenoxy) is 2. The van der Waals surface area contributed by atoms with Crippen LogP contribution in [-0.2, 0) is 19.6 Å². The van der Waals surface area contributed by atoms with Crippen molar-refractivity contribution < 1.29 is 9.47 Å². The lowest BCUT2D eigenvalue weighted by molar-refractivity contribution is 0.284. The van der Waals surface area contributed by atoms with Crippen LogP contribution >= 0.6 is 12.2 Å². The highest BCUT2D eigenvalue weighted by atomic mass is 32.1. The Morgan fingerprint density at radius 2 is 1.57 bits per heavy atom. The van der Waals surface area contributed by atoms with Crippen molar-refractivity contribution in [1.29, 1.82) is 0 Å². The second-order valence-corrected chi connectivity index (χ2v) is 6.90. The minimum absolute atomic E-state index is 0.493. The molecule has 0 saturated carbocycles. The number of nitrogens with one attached hydrogen (secondary N) is 1. The lowest BCUT2D eigenvalue weighted by Gasteiger charge is -2.14. The van der Waals surface area contributed by atoms with Gasteiger partial charge in [0.25, 0.3) is 0 Å². The maximum absolute atomic E-state index is 5.91. The van der Waals surface area contributed by atoms with Crippen molar-refractivity contribution in [2.75, 3.05) is 7.11 Å². The summed E-state index contributed by atoms with van der Waals surface area (Å²) in [5.74, 6) is 1.37. The van der Waals surface area contributed by atoms with E-state index in [-0.39, 0.29) is 0 Å². The fourth-order valence-electron chi connectivity index (χ4n) is 2.84. The van der Waals surface area contributed by atoms with Crippen LogP contribution in [0.2, 0.25) is 0 Å². The smallest absolute Gasteiger partial charge is 0.161 e. The van der Waals surface area contributed by atoms with Gasteiger partial charge >= 0.3 is 0 Å². The van der Waals surface area contributed by atoms with Crippen molar-refractivity contribution in [3.63, 3.8) is 0 Å². The van der Waals surface area contributed by atoms with Crippen LogP contribution in [-0.4, -0.2) is 12.1 Å². The molecule has 0 heterocycles. The Balaban J connectivity index is 1.62. The van der Waals surface area contributed by atoms with Gasteiger partial charge in [-0.05, 0) is 41.3 Å². The zero-order chi connectivity index (χ0) is 19.8. The summed E-state index contributed by atoms with van der Waals surface area (Å²) in [6, 6.07) is 24.4. The summed E-state index contributed by atoms with van der Waals surface area (Å²) in [6.07, 6.45) is 1.05. The molecule has 0 amide bonds. The maximum atomic E-state index is 5.91. The number of methoxy groups -OCH3 is 1. The van der Waals surface area contributed by atoms with Gasteiger partial charge in [0, 0.05) is 12.1 Å². The maximum Gasteiger partial charge on any atom is 0.161 e. The van der Waals surface area contributed by atoms with Crippen molar-refractivity contribution in [1.82, 2.24) is 5.32 Å². The summed E-state index contributed by atoms with van der Waals surface area (Å²) in [4.78, 5) is 0.687. The molecule has 0 aromatic heterocycles. The molecule has 1 N–H and O–H groups in total. The largest absolute Gasteiger partial charge is 0.493 e. The molecule has 0 fully saturated rings. The Bertz CT molecular complexity index is 908. The Labute approximate surface area is 172 Å². The number of aryl methyl sites for hydroxylation is 1. The number of hydrogen-bond donors (Lipinski definition) is 1. The van der Waals surface area contributed by atoms with E-state index in [0.717, 1.165) is 17.5 Å². The van der Waals surface area contributed by atoms with Gasteiger partial charge in [0.1, 0.15) is 11.6 Å². The van der Waals surface area contributed by atoms with Gasteiger partial charge in [-0.2, -0.15) is 0 Å². The van der Waals surface area contributed by atoms with E-state index in [1.165, 1.54) is 11.1 Å². The summed E-state index contributed by atoms with van der Waals surface area (Å²) in [6.45, 7) is 3.34. The van der Waals surface area contributed by atoms with Crippen molar-refractivity contribution >= 4 is 17.2 Å². The molecular formula is C24H25NO2S. The van der Waals surface area contributed by atoms with Crippen LogP contribution < -0.4 is 14.8 Å². The second kappa shape index (κ2) is 9.90. The molecule has 0 aliphatic heterocycles. The van der Waals surface area contributed by atoms with Crippen LogP contribution in [0.5, 0.6) is 11.5 Å². The normalized spacial score (nSPS) is 10.4. The van der Waals surface area contributed by atoms with Gasteiger partial charge in [-0.15, -0.1) is 0 Å². The van der Waals surface area contributed by atoms with Gasteiger partial charge in [0.2, 0.25) is 0 Å². The third-order valence-corrected chi connectivity index (χ3v) is 4.93. The fourth-order valence-corrected chi connectivity index (χ4v) is 3.04. The highest BCUT2D eigenvalue weighted by Gasteiger charge is 2.09. The topological polar surface area (TPSA) is 30.5 Å². The monoisotopic (exact) mass is 391 g/mol.